The zero-order valence-corrected chi connectivity index (χ0v) is 37.9. The number of aromatic nitrogens is 4. The average Bonchev–Trinajstić information content (AvgIpc) is 3.81. The Morgan fingerprint density at radius 3 is 2.07 bits per heavy atom. The molecule has 1 radical (unpaired) electrons. The summed E-state index contributed by atoms with van der Waals surface area (Å²) in [5.74, 6) is 1.41. The van der Waals surface area contributed by atoms with Gasteiger partial charge in [0.05, 0.1) is 26.9 Å². The van der Waals surface area contributed by atoms with Crippen LogP contribution in [0.2, 0.25) is 19.6 Å². The molecule has 0 saturated heterocycles. The molecule has 5 nitrogen and oxygen atoms in total. The third-order valence-corrected chi connectivity index (χ3v) is 12.7. The normalized spacial score (nSPS) is 11.6. The van der Waals surface area contributed by atoms with Gasteiger partial charge in [0.1, 0.15) is 16.8 Å². The van der Waals surface area contributed by atoms with Crippen LogP contribution in [0.5, 0.6) is 0 Å². The summed E-state index contributed by atoms with van der Waals surface area (Å²) in [6.07, 6.45) is 4.11. The number of aryl methyl sites for hydroxylation is 1. The van der Waals surface area contributed by atoms with Gasteiger partial charge in [0, 0.05) is 42.8 Å². The fourth-order valence-corrected chi connectivity index (χ4v) is 8.65. The molecular formula is C51H49IrN4OSi-. The van der Waals surface area contributed by atoms with Crippen LogP contribution in [0.25, 0.3) is 72.6 Å². The molecule has 58 heavy (non-hydrogen) atoms. The first-order valence-corrected chi connectivity index (χ1v) is 23.4. The van der Waals surface area contributed by atoms with E-state index in [1.54, 1.807) is 0 Å². The Balaban J connectivity index is 0.000000254. The van der Waals surface area contributed by atoms with Crippen molar-refractivity contribution in [2.75, 3.05) is 0 Å². The van der Waals surface area contributed by atoms with E-state index in [2.05, 4.69) is 172 Å². The molecule has 0 fully saturated rings. The van der Waals surface area contributed by atoms with Crippen LogP contribution in [0.4, 0.5) is 0 Å². The second kappa shape index (κ2) is 16.8. The maximum atomic E-state index is 6.50. The summed E-state index contributed by atoms with van der Waals surface area (Å²) < 4.78 is 11.0. The molecule has 0 N–H and O–H groups in total. The van der Waals surface area contributed by atoms with Crippen LogP contribution in [0, 0.1) is 12.1 Å². The topological polar surface area (TPSA) is 47.7 Å². The van der Waals surface area contributed by atoms with E-state index in [0.29, 0.717) is 0 Å². The molecule has 0 bridgehead atoms. The molecule has 0 amide bonds. The van der Waals surface area contributed by atoms with E-state index in [1.807, 2.05) is 48.7 Å². The second-order valence-electron chi connectivity index (χ2n) is 16.4. The molecular weight excluding hydrogens is 905 g/mol. The molecule has 5 aromatic carbocycles. The largest absolute Gasteiger partial charge is 0.500 e. The Morgan fingerprint density at radius 2 is 1.41 bits per heavy atom. The molecule has 4 aromatic heterocycles. The summed E-state index contributed by atoms with van der Waals surface area (Å²) in [5, 5.41) is 3.57. The molecule has 0 aliphatic heterocycles. The summed E-state index contributed by atoms with van der Waals surface area (Å²) in [4.78, 5) is 9.79. The van der Waals surface area contributed by atoms with Crippen molar-refractivity contribution in [3.8, 4) is 39.5 Å². The number of para-hydroxylation sites is 1. The first kappa shape index (κ1) is 40.7. The number of pyridine rings is 2. The predicted octanol–water partition coefficient (Wildman–Crippen LogP) is 12.2. The van der Waals surface area contributed by atoms with Gasteiger partial charge in [-0.1, -0.05) is 113 Å². The minimum atomic E-state index is -1.23. The van der Waals surface area contributed by atoms with Crippen molar-refractivity contribution in [3.63, 3.8) is 0 Å². The number of nitrogens with zero attached hydrogens (tertiary/aromatic N) is 4. The fraction of sp³-hybridized carbons (Fsp3) is 0.196. The van der Waals surface area contributed by atoms with Gasteiger partial charge in [0.25, 0.3) is 0 Å². The van der Waals surface area contributed by atoms with Gasteiger partial charge in [-0.2, -0.15) is 0 Å². The third-order valence-electron chi connectivity index (χ3n) is 10.7. The van der Waals surface area contributed by atoms with Gasteiger partial charge in [0.2, 0.25) is 0 Å². The Labute approximate surface area is 356 Å². The van der Waals surface area contributed by atoms with Crippen LogP contribution in [0.15, 0.2) is 144 Å². The van der Waals surface area contributed by atoms with E-state index >= 15 is 0 Å². The second-order valence-corrected chi connectivity index (χ2v) is 21.5. The first-order valence-electron chi connectivity index (χ1n) is 19.9. The van der Waals surface area contributed by atoms with E-state index in [1.165, 1.54) is 33.1 Å². The monoisotopic (exact) mass is 954 g/mol. The van der Waals surface area contributed by atoms with Gasteiger partial charge in [-0.3, -0.25) is 0 Å². The quantitative estimate of drug-likeness (QED) is 0.0908. The van der Waals surface area contributed by atoms with Crippen molar-refractivity contribution >= 4 is 46.4 Å². The summed E-state index contributed by atoms with van der Waals surface area (Å²) in [5.41, 5.74) is 12.8. The Morgan fingerprint density at radius 1 is 0.707 bits per heavy atom. The Hall–Kier alpha value is -5.46. The van der Waals surface area contributed by atoms with Crippen molar-refractivity contribution in [1.29, 1.82) is 0 Å². The third kappa shape index (κ3) is 7.87. The SMILES string of the molecule is CC(C)c1cc(-c2ccccc2)cc(C(C)C)c1-n1c(-c2[c-]ccc3c2oc2ccccc23)nc2ccc[n+](C)c21.C[Si](C)(C)c1ccc(-c2[c-]cccc2)nc1.[Ir]. The van der Waals surface area contributed by atoms with Gasteiger partial charge < -0.3 is 9.40 Å². The van der Waals surface area contributed by atoms with Crippen molar-refractivity contribution in [2.45, 2.75) is 59.2 Å². The van der Waals surface area contributed by atoms with Gasteiger partial charge in [0.15, 0.2) is 5.82 Å². The van der Waals surface area contributed by atoms with E-state index in [4.69, 9.17) is 9.40 Å². The summed E-state index contributed by atoms with van der Waals surface area (Å²) in [6, 6.07) is 50.8. The molecule has 0 spiro atoms. The molecule has 7 heteroatoms. The number of hydrogen-bond acceptors (Lipinski definition) is 3. The zero-order valence-electron chi connectivity index (χ0n) is 34.5. The van der Waals surface area contributed by atoms with Crippen molar-refractivity contribution in [2.24, 2.45) is 7.05 Å². The van der Waals surface area contributed by atoms with Crippen molar-refractivity contribution in [1.82, 2.24) is 14.5 Å². The van der Waals surface area contributed by atoms with Crippen molar-refractivity contribution < 1.29 is 29.1 Å². The van der Waals surface area contributed by atoms with Gasteiger partial charge in [-0.05, 0) is 69.7 Å². The van der Waals surface area contributed by atoms with E-state index in [0.717, 1.165) is 55.7 Å². The van der Waals surface area contributed by atoms with Crippen LogP contribution in [0.3, 0.4) is 0 Å². The average molecular weight is 954 g/mol. The molecule has 0 saturated carbocycles. The molecule has 0 aliphatic carbocycles. The van der Waals surface area contributed by atoms with Crippen LogP contribution < -0.4 is 9.75 Å². The maximum Gasteiger partial charge on any atom is 0.304 e. The molecule has 9 aromatic rings. The molecule has 0 unspecified atom stereocenters. The smallest absolute Gasteiger partial charge is 0.304 e. The van der Waals surface area contributed by atoms with Crippen LogP contribution in [-0.2, 0) is 27.2 Å². The number of imidazole rings is 1. The number of rotatable bonds is 7. The van der Waals surface area contributed by atoms with Crippen LogP contribution in [0.1, 0.15) is 50.7 Å². The fourth-order valence-electron chi connectivity index (χ4n) is 7.61. The Bertz CT molecular complexity index is 2810. The zero-order chi connectivity index (χ0) is 39.8. The predicted molar refractivity (Wildman–Crippen MR) is 239 cm³/mol. The van der Waals surface area contributed by atoms with Gasteiger partial charge in [-0.25, -0.2) is 14.1 Å². The molecule has 293 valence electrons. The number of furan rings is 1. The van der Waals surface area contributed by atoms with E-state index in [-0.39, 0.29) is 31.9 Å². The summed E-state index contributed by atoms with van der Waals surface area (Å²) in [6.45, 7) is 16.1. The van der Waals surface area contributed by atoms with Gasteiger partial charge in [-0.15, -0.1) is 54.1 Å². The van der Waals surface area contributed by atoms with E-state index < -0.39 is 8.07 Å². The summed E-state index contributed by atoms with van der Waals surface area (Å²) in [7, 11) is 0.866. The maximum absolute atomic E-state index is 6.50. The van der Waals surface area contributed by atoms with E-state index in [9.17, 15) is 0 Å². The number of fused-ring (bicyclic) bond motifs is 4. The molecule has 0 atom stereocenters. The van der Waals surface area contributed by atoms with Crippen LogP contribution in [-0.4, -0.2) is 22.6 Å². The standard InChI is InChI=1S/C37H33N3O.C14H16NSi.Ir/c1-23(2)30-21-26(25-13-7-6-8-14-25)22-31(24(3)4)34(30)40-36(38-32-18-12-20-39(5)37(32)40)29-17-11-16-28-27-15-9-10-19-33(27)41-35(28)29;1-16(2,3)13-9-10-14(15-11-13)12-7-5-4-6-8-12;/h6-16,18-24H,1-5H3;4-7,9-11H,1-3H3;/q;-1;. The van der Waals surface area contributed by atoms with Crippen molar-refractivity contribution in [3.05, 3.63) is 163 Å². The molecule has 0 aliphatic rings. The summed E-state index contributed by atoms with van der Waals surface area (Å²) >= 11 is 0. The number of benzene rings is 5. The first-order chi connectivity index (χ1) is 27.5. The molecule has 9 rings (SSSR count). The van der Waals surface area contributed by atoms with Gasteiger partial charge >= 0.3 is 5.65 Å². The minimum Gasteiger partial charge on any atom is -0.500 e. The Kier molecular flexibility index (Phi) is 11.8. The molecule has 4 heterocycles. The number of hydrogen-bond donors (Lipinski definition) is 0. The minimum absolute atomic E-state index is 0. The van der Waals surface area contributed by atoms with Crippen LogP contribution >= 0.6 is 0 Å².